The van der Waals surface area contributed by atoms with Crippen molar-refractivity contribution < 1.29 is 22.7 Å². The highest BCUT2D eigenvalue weighted by Gasteiger charge is 2.35. The highest BCUT2D eigenvalue weighted by Crippen LogP contribution is 2.37. The van der Waals surface area contributed by atoms with E-state index in [0.717, 1.165) is 13.2 Å². The number of aromatic amines is 1. The summed E-state index contributed by atoms with van der Waals surface area (Å²) in [4.78, 5) is 18.8. The van der Waals surface area contributed by atoms with Gasteiger partial charge >= 0.3 is 12.1 Å². The van der Waals surface area contributed by atoms with E-state index in [9.17, 15) is 18.0 Å². The minimum absolute atomic E-state index is 0.0682. The van der Waals surface area contributed by atoms with Crippen molar-refractivity contribution in [1.82, 2.24) is 9.97 Å². The Bertz CT molecular complexity index is 838. The van der Waals surface area contributed by atoms with Gasteiger partial charge in [0.2, 0.25) is 0 Å². The largest absolute Gasteiger partial charge is 0.464 e. The molecule has 0 bridgehead atoms. The number of pyridine rings is 1. The third kappa shape index (κ3) is 2.45. The third-order valence-corrected chi connectivity index (χ3v) is 3.96. The van der Waals surface area contributed by atoms with Crippen LogP contribution in [0.25, 0.3) is 21.6 Å². The van der Waals surface area contributed by atoms with Crippen molar-refractivity contribution in [3.05, 3.63) is 40.9 Å². The fourth-order valence-electron chi connectivity index (χ4n) is 2.10. The highest BCUT2D eigenvalue weighted by molar-refractivity contribution is 7.13. The van der Waals surface area contributed by atoms with Crippen LogP contribution in [0.2, 0.25) is 0 Å². The van der Waals surface area contributed by atoms with Gasteiger partial charge < -0.3 is 9.72 Å². The molecule has 3 aromatic heterocycles. The lowest BCUT2D eigenvalue weighted by molar-refractivity contribution is -0.136. The summed E-state index contributed by atoms with van der Waals surface area (Å²) in [5.41, 5.74) is -0.882. The third-order valence-electron chi connectivity index (χ3n) is 3.07. The van der Waals surface area contributed by atoms with Crippen LogP contribution in [0.15, 0.2) is 29.6 Å². The smallest absolute Gasteiger partial charge is 0.418 e. The minimum Gasteiger partial charge on any atom is -0.464 e. The van der Waals surface area contributed by atoms with Crippen LogP contribution in [0.4, 0.5) is 13.2 Å². The summed E-state index contributed by atoms with van der Waals surface area (Å²) in [5.74, 6) is -0.746. The van der Waals surface area contributed by atoms with Crippen molar-refractivity contribution in [2.24, 2.45) is 0 Å². The molecule has 0 aliphatic rings. The number of H-pyrrole nitrogens is 1. The van der Waals surface area contributed by atoms with Crippen molar-refractivity contribution >= 4 is 28.3 Å². The van der Waals surface area contributed by atoms with Gasteiger partial charge in [0.1, 0.15) is 5.69 Å². The summed E-state index contributed by atoms with van der Waals surface area (Å²) in [6.45, 7) is 0. The summed E-state index contributed by atoms with van der Waals surface area (Å²) in [5, 5.41) is 1.76. The van der Waals surface area contributed by atoms with E-state index in [1.165, 1.54) is 17.4 Å². The van der Waals surface area contributed by atoms with E-state index in [-0.39, 0.29) is 22.4 Å². The van der Waals surface area contributed by atoms with Crippen LogP contribution in [0.5, 0.6) is 0 Å². The second-order valence-electron chi connectivity index (χ2n) is 4.46. The molecule has 0 radical (unpaired) electrons. The van der Waals surface area contributed by atoms with Gasteiger partial charge in [0.15, 0.2) is 0 Å². The van der Waals surface area contributed by atoms with Crippen LogP contribution >= 0.6 is 11.3 Å². The number of nitrogens with zero attached hydrogens (tertiary/aromatic N) is 1. The van der Waals surface area contributed by atoms with E-state index in [4.69, 9.17) is 0 Å². The molecule has 3 heterocycles. The number of ether oxygens (including phenoxy) is 1. The van der Waals surface area contributed by atoms with Crippen LogP contribution in [0.1, 0.15) is 16.1 Å². The lowest BCUT2D eigenvalue weighted by Crippen LogP contribution is -2.07. The number of methoxy groups -OCH3 is 1. The predicted octanol–water partition coefficient (Wildman–Crippen LogP) is 4.10. The Morgan fingerprint density at radius 3 is 2.73 bits per heavy atom. The summed E-state index contributed by atoms with van der Waals surface area (Å²) in [6, 6.07) is 5.65. The number of esters is 1. The average Bonchev–Trinajstić information content (AvgIpc) is 3.12. The van der Waals surface area contributed by atoms with Gasteiger partial charge in [-0.1, -0.05) is 6.07 Å². The molecule has 0 fully saturated rings. The fourth-order valence-corrected chi connectivity index (χ4v) is 2.79. The molecule has 8 heteroatoms. The maximum absolute atomic E-state index is 13.3. The molecule has 4 nitrogen and oxygen atoms in total. The van der Waals surface area contributed by atoms with Crippen LogP contribution in [-0.4, -0.2) is 23.0 Å². The molecule has 0 amide bonds. The first-order valence-corrected chi connectivity index (χ1v) is 7.01. The minimum atomic E-state index is -4.56. The second kappa shape index (κ2) is 5.13. The molecule has 114 valence electrons. The molecule has 22 heavy (non-hydrogen) atoms. The first-order valence-electron chi connectivity index (χ1n) is 6.13. The maximum Gasteiger partial charge on any atom is 0.418 e. The Morgan fingerprint density at radius 1 is 1.36 bits per heavy atom. The molecule has 0 unspecified atom stereocenters. The molecule has 0 spiro atoms. The molecule has 0 aliphatic carbocycles. The molecule has 3 aromatic rings. The number of halogens is 3. The average molecular weight is 326 g/mol. The van der Waals surface area contributed by atoms with Gasteiger partial charge in [-0.25, -0.2) is 9.78 Å². The molecule has 1 N–H and O–H groups in total. The molecule has 0 saturated heterocycles. The van der Waals surface area contributed by atoms with Crippen molar-refractivity contribution in [1.29, 1.82) is 0 Å². The lowest BCUT2D eigenvalue weighted by atomic mass is 10.1. The van der Waals surface area contributed by atoms with E-state index in [0.29, 0.717) is 4.88 Å². The van der Waals surface area contributed by atoms with E-state index in [1.54, 1.807) is 17.5 Å². The molecular weight excluding hydrogens is 317 g/mol. The zero-order valence-electron chi connectivity index (χ0n) is 11.2. The number of rotatable bonds is 2. The summed E-state index contributed by atoms with van der Waals surface area (Å²) < 4.78 is 44.3. The van der Waals surface area contributed by atoms with Crippen molar-refractivity contribution in [2.45, 2.75) is 6.18 Å². The second-order valence-corrected chi connectivity index (χ2v) is 5.41. The first kappa shape index (κ1) is 14.6. The number of fused-ring (bicyclic) bond motifs is 1. The number of alkyl halides is 3. The Hall–Kier alpha value is -2.35. The lowest BCUT2D eigenvalue weighted by Gasteiger charge is -2.09. The highest BCUT2D eigenvalue weighted by atomic mass is 32.1. The number of carbonyl (C=O) groups excluding carboxylic acids is 1. The summed E-state index contributed by atoms with van der Waals surface area (Å²) in [7, 11) is 1.16. The normalized spacial score (nSPS) is 11.8. The number of carbonyl (C=O) groups is 1. The van der Waals surface area contributed by atoms with Crippen LogP contribution in [0.3, 0.4) is 0 Å². The van der Waals surface area contributed by atoms with Crippen LogP contribution in [-0.2, 0) is 10.9 Å². The fraction of sp³-hybridized carbons (Fsp3) is 0.143. The van der Waals surface area contributed by atoms with Crippen molar-refractivity contribution in [2.75, 3.05) is 7.11 Å². The van der Waals surface area contributed by atoms with E-state index >= 15 is 0 Å². The van der Waals surface area contributed by atoms with E-state index in [1.807, 2.05) is 0 Å². The van der Waals surface area contributed by atoms with Gasteiger partial charge in [0.25, 0.3) is 0 Å². The Labute approximate surface area is 126 Å². The van der Waals surface area contributed by atoms with E-state index in [2.05, 4.69) is 14.7 Å². The number of aromatic nitrogens is 2. The molecule has 3 rings (SSSR count). The zero-order chi connectivity index (χ0) is 15.9. The summed E-state index contributed by atoms with van der Waals surface area (Å²) >= 11 is 1.29. The zero-order valence-corrected chi connectivity index (χ0v) is 12.0. The van der Waals surface area contributed by atoms with Gasteiger partial charge in [0, 0.05) is 0 Å². The molecule has 0 aliphatic heterocycles. The van der Waals surface area contributed by atoms with Gasteiger partial charge in [-0.2, -0.15) is 13.2 Å². The van der Waals surface area contributed by atoms with Crippen LogP contribution < -0.4 is 0 Å². The SMILES string of the molecule is COC(=O)c1cc2nc(-c3cccs3)cc(C(F)(F)F)c2[nH]1. The quantitative estimate of drug-likeness (QED) is 0.722. The Balaban J connectivity index is 2.28. The molecule has 0 aromatic carbocycles. The van der Waals surface area contributed by atoms with Crippen LogP contribution in [0, 0.1) is 0 Å². The standard InChI is InChI=1S/C14H9F3N2O2S/c1-21-13(20)10-6-9-12(19-10)7(14(15,16)17)5-8(18-9)11-3-2-4-22-11/h2-6,19H,1H3. The molecule has 0 atom stereocenters. The number of thiophene rings is 1. The van der Waals surface area contributed by atoms with Gasteiger partial charge in [-0.05, 0) is 23.6 Å². The molecular formula is C14H9F3N2O2S. The van der Waals surface area contributed by atoms with Gasteiger partial charge in [0.05, 0.1) is 34.3 Å². The molecule has 0 saturated carbocycles. The number of nitrogens with one attached hydrogen (secondary N) is 1. The number of hydrogen-bond acceptors (Lipinski definition) is 4. The maximum atomic E-state index is 13.3. The predicted molar refractivity (Wildman–Crippen MR) is 75.7 cm³/mol. The van der Waals surface area contributed by atoms with E-state index < -0.39 is 17.7 Å². The first-order chi connectivity index (χ1) is 10.4. The van der Waals surface area contributed by atoms with Crippen molar-refractivity contribution in [3.63, 3.8) is 0 Å². The topological polar surface area (TPSA) is 55.0 Å². The summed E-state index contributed by atoms with van der Waals surface area (Å²) in [6.07, 6.45) is -4.56. The number of hydrogen-bond donors (Lipinski definition) is 1. The Kier molecular flexibility index (Phi) is 3.40. The van der Waals surface area contributed by atoms with Gasteiger partial charge in [-0.15, -0.1) is 11.3 Å². The monoisotopic (exact) mass is 326 g/mol. The van der Waals surface area contributed by atoms with Crippen molar-refractivity contribution in [3.8, 4) is 10.6 Å². The van der Waals surface area contributed by atoms with Gasteiger partial charge in [-0.3, -0.25) is 0 Å². The Morgan fingerprint density at radius 2 is 2.14 bits per heavy atom.